The molecule has 14 heteroatoms. The first kappa shape index (κ1) is 20.0. The minimum atomic E-state index is -6.00. The molecule has 0 rings (SSSR count). The van der Waals surface area contributed by atoms with E-state index in [2.05, 4.69) is 0 Å². The maximum Gasteiger partial charge on any atom is 0.673 e. The van der Waals surface area contributed by atoms with Gasteiger partial charge in [-0.25, -0.2) is 9.59 Å². The highest BCUT2D eigenvalue weighted by atomic mass is 19.5. The number of carbonyl (C=O) groups is 2. The van der Waals surface area contributed by atoms with Crippen LogP contribution >= 0.6 is 0 Å². The van der Waals surface area contributed by atoms with Gasteiger partial charge in [-0.05, 0) is 0 Å². The molecule has 0 spiro atoms. The van der Waals surface area contributed by atoms with Gasteiger partial charge in [-0.1, -0.05) is 0 Å². The fourth-order valence-electron chi connectivity index (χ4n) is 0. The van der Waals surface area contributed by atoms with Gasteiger partial charge in [-0.3, -0.25) is 0 Å². The van der Waals surface area contributed by atoms with Gasteiger partial charge in [-0.2, -0.15) is 0 Å². The first-order valence-corrected chi connectivity index (χ1v) is 2.85. The Morgan fingerprint density at radius 2 is 0.688 bits per heavy atom. The van der Waals surface area contributed by atoms with Gasteiger partial charge in [0.15, 0.2) is 0 Å². The van der Waals surface area contributed by atoms with Crippen molar-refractivity contribution in [3.63, 3.8) is 0 Å². The summed E-state index contributed by atoms with van der Waals surface area (Å²) in [6.07, 6.45) is 0. The molecule has 0 aliphatic carbocycles. The molecule has 0 aliphatic rings. The molecule has 16 heavy (non-hydrogen) atoms. The quantitative estimate of drug-likeness (QED) is 0.397. The van der Waals surface area contributed by atoms with Crippen molar-refractivity contribution >= 4 is 26.4 Å². The van der Waals surface area contributed by atoms with Crippen LogP contribution in [0.25, 0.3) is 0 Å². The summed E-state index contributed by atoms with van der Waals surface area (Å²) in [6.45, 7) is 0. The third-order valence-electron chi connectivity index (χ3n) is 0.183. The van der Waals surface area contributed by atoms with Crippen molar-refractivity contribution in [1.82, 2.24) is 0 Å². The first-order valence-electron chi connectivity index (χ1n) is 2.85. The third kappa shape index (κ3) is 263. The molecule has 0 radical (unpaired) electrons. The molecular formula is C2H2B2F8O4-2. The fraction of sp³-hybridized carbons (Fsp3) is 0. The Kier molecular flexibility index (Phi) is 9.69. The number of hydrogen-bond donors (Lipinski definition) is 2. The molecule has 0 unspecified atom stereocenters. The van der Waals surface area contributed by atoms with E-state index in [-0.39, 0.29) is 0 Å². The zero-order chi connectivity index (χ0) is 14.2. The van der Waals surface area contributed by atoms with E-state index in [9.17, 15) is 34.5 Å². The maximum absolute atomic E-state index is 9.75. The zero-order valence-corrected chi connectivity index (χ0v) is 6.89. The highest BCUT2D eigenvalue weighted by Gasteiger charge is 2.21. The lowest BCUT2D eigenvalue weighted by Gasteiger charge is -1.94. The molecule has 0 aromatic carbocycles. The van der Waals surface area contributed by atoms with Crippen LogP contribution in [-0.4, -0.2) is 36.7 Å². The second-order valence-corrected chi connectivity index (χ2v) is 1.60. The maximum atomic E-state index is 9.75. The summed E-state index contributed by atoms with van der Waals surface area (Å²) in [6, 6.07) is 0. The van der Waals surface area contributed by atoms with Gasteiger partial charge in [0.1, 0.15) is 0 Å². The van der Waals surface area contributed by atoms with Gasteiger partial charge in [0.2, 0.25) is 0 Å². The monoisotopic (exact) mass is 264 g/mol. The first-order chi connectivity index (χ1) is 6.64. The summed E-state index contributed by atoms with van der Waals surface area (Å²) in [5, 5.41) is 14.8. The highest BCUT2D eigenvalue weighted by Crippen LogP contribution is 2.07. The van der Waals surface area contributed by atoms with Crippen LogP contribution in [0.2, 0.25) is 0 Å². The summed E-state index contributed by atoms with van der Waals surface area (Å²) in [4.78, 5) is 18.2. The summed E-state index contributed by atoms with van der Waals surface area (Å²) in [5.41, 5.74) is 0. The van der Waals surface area contributed by atoms with Crippen molar-refractivity contribution < 1.29 is 54.3 Å². The van der Waals surface area contributed by atoms with Gasteiger partial charge in [0.25, 0.3) is 0 Å². The van der Waals surface area contributed by atoms with Gasteiger partial charge in [0.05, 0.1) is 0 Å². The Balaban J connectivity index is -0.000000160. The van der Waals surface area contributed by atoms with Crippen LogP contribution in [0.4, 0.5) is 34.5 Å². The predicted octanol–water partition coefficient (Wildman–Crippen LogP) is 1.76. The minimum absolute atomic E-state index is 1.82. The zero-order valence-electron chi connectivity index (χ0n) is 6.89. The van der Waals surface area contributed by atoms with Gasteiger partial charge in [0, 0.05) is 0 Å². The van der Waals surface area contributed by atoms with Crippen LogP contribution in [0.1, 0.15) is 0 Å². The Bertz CT molecular complexity index is 185. The van der Waals surface area contributed by atoms with E-state index in [1.54, 1.807) is 0 Å². The lowest BCUT2D eigenvalue weighted by molar-refractivity contribution is -0.159. The summed E-state index contributed by atoms with van der Waals surface area (Å²) in [5.74, 6) is -3.65. The predicted molar refractivity (Wildman–Crippen MR) is 35.6 cm³/mol. The Hall–Kier alpha value is -1.49. The SMILES string of the molecule is F[B-](F)(F)F.F[B-](F)(F)F.O=C(O)C(=O)O. The molecule has 0 aromatic heterocycles. The molecule has 0 atom stereocenters. The van der Waals surface area contributed by atoms with E-state index < -0.39 is 26.4 Å². The molecule has 0 amide bonds. The highest BCUT2D eigenvalue weighted by molar-refractivity contribution is 6.50. The van der Waals surface area contributed by atoms with Crippen molar-refractivity contribution in [2.24, 2.45) is 0 Å². The Morgan fingerprint density at radius 3 is 0.688 bits per heavy atom. The van der Waals surface area contributed by atoms with E-state index in [0.717, 1.165) is 0 Å². The second kappa shape index (κ2) is 7.76. The molecule has 0 aromatic rings. The number of aliphatic carboxylic acids is 2. The number of hydrogen-bond acceptors (Lipinski definition) is 2. The van der Waals surface area contributed by atoms with E-state index >= 15 is 0 Å². The molecule has 98 valence electrons. The molecule has 0 bridgehead atoms. The van der Waals surface area contributed by atoms with Gasteiger partial charge in [-0.15, -0.1) is 0 Å². The molecule has 2 N–H and O–H groups in total. The molecule has 4 nitrogen and oxygen atoms in total. The van der Waals surface area contributed by atoms with E-state index in [4.69, 9.17) is 19.8 Å². The van der Waals surface area contributed by atoms with E-state index in [1.165, 1.54) is 0 Å². The van der Waals surface area contributed by atoms with Crippen molar-refractivity contribution in [3.8, 4) is 0 Å². The van der Waals surface area contributed by atoms with Crippen LogP contribution in [0, 0.1) is 0 Å². The number of rotatable bonds is 0. The van der Waals surface area contributed by atoms with E-state index in [1.807, 2.05) is 0 Å². The lowest BCUT2D eigenvalue weighted by Crippen LogP contribution is -2.09. The van der Waals surface area contributed by atoms with Crippen molar-refractivity contribution in [3.05, 3.63) is 0 Å². The topological polar surface area (TPSA) is 74.6 Å². The number of carboxylic acids is 2. The summed E-state index contributed by atoms with van der Waals surface area (Å²) in [7, 11) is -12.0. The molecule has 0 fully saturated rings. The van der Waals surface area contributed by atoms with Crippen LogP contribution < -0.4 is 0 Å². The smallest absolute Gasteiger partial charge is 0.473 e. The standard InChI is InChI=1S/C2H2O4.2BF4/c3-1(4)2(5)6;2*2-1(3,4)5/h(H,3,4)(H,5,6);;/q;2*-1. The fourth-order valence-corrected chi connectivity index (χ4v) is 0. The average Bonchev–Trinajstić information content (AvgIpc) is 1.77. The van der Waals surface area contributed by atoms with Crippen LogP contribution in [-0.2, 0) is 9.59 Å². The lowest BCUT2D eigenvalue weighted by atomic mass is 10.3. The molecule has 0 saturated carbocycles. The minimum Gasteiger partial charge on any atom is -0.473 e. The number of carboxylic acid groups (broad SMARTS) is 2. The molecular weight excluding hydrogens is 262 g/mol. The second-order valence-electron chi connectivity index (χ2n) is 1.60. The molecule has 0 heterocycles. The van der Waals surface area contributed by atoms with Gasteiger partial charge >= 0.3 is 26.4 Å². The molecule has 0 aliphatic heterocycles. The Labute approximate surface area is 82.1 Å². The van der Waals surface area contributed by atoms with Crippen LogP contribution in [0.5, 0.6) is 0 Å². The average molecular weight is 264 g/mol. The van der Waals surface area contributed by atoms with Gasteiger partial charge < -0.3 is 44.7 Å². The van der Waals surface area contributed by atoms with Crippen molar-refractivity contribution in [2.75, 3.05) is 0 Å². The Morgan fingerprint density at radius 1 is 0.625 bits per heavy atom. The van der Waals surface area contributed by atoms with Crippen LogP contribution in [0.15, 0.2) is 0 Å². The van der Waals surface area contributed by atoms with E-state index in [0.29, 0.717) is 0 Å². The summed E-state index contributed by atoms with van der Waals surface area (Å²) < 4.78 is 78.0. The van der Waals surface area contributed by atoms with Crippen molar-refractivity contribution in [2.45, 2.75) is 0 Å². The normalized spacial score (nSPS) is 10.2. The summed E-state index contributed by atoms with van der Waals surface area (Å²) >= 11 is 0. The largest absolute Gasteiger partial charge is 0.673 e. The molecule has 0 saturated heterocycles. The number of halogens is 8. The van der Waals surface area contributed by atoms with Crippen molar-refractivity contribution in [1.29, 1.82) is 0 Å². The third-order valence-corrected chi connectivity index (χ3v) is 0.183. The van der Waals surface area contributed by atoms with Crippen LogP contribution in [0.3, 0.4) is 0 Å².